The molecule has 21 heavy (non-hydrogen) atoms. The summed E-state index contributed by atoms with van der Waals surface area (Å²) in [4.78, 5) is 22.6. The molecule has 0 bridgehead atoms. The molecule has 0 atom stereocenters. The molecule has 0 unspecified atom stereocenters. The van der Waals surface area contributed by atoms with E-state index in [1.54, 1.807) is 0 Å². The van der Waals surface area contributed by atoms with Gasteiger partial charge in [0, 0.05) is 12.6 Å². The molecule has 1 aliphatic rings. The van der Waals surface area contributed by atoms with Gasteiger partial charge in [-0.05, 0) is 44.0 Å². The molecular weight excluding hydrogens is 277 g/mol. The van der Waals surface area contributed by atoms with Crippen molar-refractivity contribution in [2.24, 2.45) is 0 Å². The lowest BCUT2D eigenvalue weighted by atomic mass is 10.2. The lowest BCUT2D eigenvalue weighted by Gasteiger charge is -2.10. The Balaban J connectivity index is 1.78. The molecule has 0 heterocycles. The first-order chi connectivity index (χ1) is 10.1. The number of rotatable bonds is 7. The number of carbonyl (C=O) groups excluding carboxylic acids is 1. The fourth-order valence-corrected chi connectivity index (χ4v) is 1.86. The standard InChI is InChI=1S/C14H18FN3O3/c15-9-2-5-11(13(19)20)12(8-9)18-14(21)17-7-1-6-16-10-3-4-10/h2,5,8,10,16H,1,3-4,6-7H2,(H,19,20)(H2,17,18,21). The van der Waals surface area contributed by atoms with E-state index in [9.17, 15) is 14.0 Å². The third-order valence-corrected chi connectivity index (χ3v) is 3.11. The molecule has 7 heteroatoms. The van der Waals surface area contributed by atoms with Crippen molar-refractivity contribution in [3.8, 4) is 0 Å². The van der Waals surface area contributed by atoms with Crippen molar-refractivity contribution in [3.05, 3.63) is 29.6 Å². The zero-order valence-electron chi connectivity index (χ0n) is 11.5. The number of amides is 2. The molecule has 0 radical (unpaired) electrons. The van der Waals surface area contributed by atoms with Gasteiger partial charge in [0.05, 0.1) is 11.3 Å². The summed E-state index contributed by atoms with van der Waals surface area (Å²) in [6.45, 7) is 1.29. The molecule has 0 aromatic heterocycles. The van der Waals surface area contributed by atoms with Crippen LogP contribution in [0.1, 0.15) is 29.6 Å². The van der Waals surface area contributed by atoms with Gasteiger partial charge in [-0.15, -0.1) is 0 Å². The summed E-state index contributed by atoms with van der Waals surface area (Å²) in [5.74, 6) is -1.83. The van der Waals surface area contributed by atoms with Gasteiger partial charge in [0.1, 0.15) is 5.82 Å². The third-order valence-electron chi connectivity index (χ3n) is 3.11. The van der Waals surface area contributed by atoms with E-state index in [1.807, 2.05) is 0 Å². The maximum absolute atomic E-state index is 13.1. The fraction of sp³-hybridized carbons (Fsp3) is 0.429. The molecule has 0 spiro atoms. The van der Waals surface area contributed by atoms with Gasteiger partial charge in [-0.3, -0.25) is 0 Å². The molecule has 2 rings (SSSR count). The first-order valence-corrected chi connectivity index (χ1v) is 6.87. The minimum absolute atomic E-state index is 0.0592. The number of carboxylic acids is 1. The zero-order valence-corrected chi connectivity index (χ0v) is 11.5. The number of benzene rings is 1. The molecule has 0 saturated heterocycles. The monoisotopic (exact) mass is 295 g/mol. The van der Waals surface area contributed by atoms with Gasteiger partial charge in [-0.2, -0.15) is 0 Å². The summed E-state index contributed by atoms with van der Waals surface area (Å²) in [7, 11) is 0. The zero-order chi connectivity index (χ0) is 15.2. The molecule has 1 saturated carbocycles. The largest absolute Gasteiger partial charge is 0.478 e. The molecule has 1 aromatic rings. The number of carbonyl (C=O) groups is 2. The van der Waals surface area contributed by atoms with Crippen LogP contribution in [0.25, 0.3) is 0 Å². The fourth-order valence-electron chi connectivity index (χ4n) is 1.86. The van der Waals surface area contributed by atoms with E-state index in [1.165, 1.54) is 12.8 Å². The van der Waals surface area contributed by atoms with E-state index < -0.39 is 17.8 Å². The van der Waals surface area contributed by atoms with Gasteiger partial charge in [0.15, 0.2) is 0 Å². The number of anilines is 1. The van der Waals surface area contributed by atoms with E-state index in [4.69, 9.17) is 5.11 Å². The van der Waals surface area contributed by atoms with Gasteiger partial charge in [-0.25, -0.2) is 14.0 Å². The van der Waals surface area contributed by atoms with Crippen LogP contribution >= 0.6 is 0 Å². The number of carboxylic acid groups (broad SMARTS) is 1. The predicted molar refractivity (Wildman–Crippen MR) is 76.0 cm³/mol. The van der Waals surface area contributed by atoms with Gasteiger partial charge < -0.3 is 21.1 Å². The SMILES string of the molecule is O=C(NCCCNC1CC1)Nc1cc(F)ccc1C(=O)O. The lowest BCUT2D eigenvalue weighted by molar-refractivity contribution is 0.0698. The van der Waals surface area contributed by atoms with E-state index in [2.05, 4.69) is 16.0 Å². The van der Waals surface area contributed by atoms with Crippen molar-refractivity contribution in [3.63, 3.8) is 0 Å². The number of urea groups is 1. The average Bonchev–Trinajstić information content (AvgIpc) is 3.22. The van der Waals surface area contributed by atoms with Crippen molar-refractivity contribution in [1.29, 1.82) is 0 Å². The van der Waals surface area contributed by atoms with E-state index in [0.717, 1.165) is 31.2 Å². The first-order valence-electron chi connectivity index (χ1n) is 6.87. The Hall–Kier alpha value is -2.15. The smallest absolute Gasteiger partial charge is 0.337 e. The van der Waals surface area contributed by atoms with Crippen LogP contribution in [-0.4, -0.2) is 36.2 Å². The second-order valence-corrected chi connectivity index (χ2v) is 4.96. The Morgan fingerprint density at radius 3 is 2.71 bits per heavy atom. The van der Waals surface area contributed by atoms with Crippen molar-refractivity contribution >= 4 is 17.7 Å². The summed E-state index contributed by atoms with van der Waals surface area (Å²) in [5.41, 5.74) is -0.210. The number of hydrogen-bond donors (Lipinski definition) is 4. The van der Waals surface area contributed by atoms with E-state index in [-0.39, 0.29) is 11.3 Å². The minimum Gasteiger partial charge on any atom is -0.478 e. The van der Waals surface area contributed by atoms with Crippen LogP contribution in [0.15, 0.2) is 18.2 Å². The molecule has 114 valence electrons. The molecular formula is C14H18FN3O3. The maximum Gasteiger partial charge on any atom is 0.337 e. The molecule has 4 N–H and O–H groups in total. The van der Waals surface area contributed by atoms with E-state index >= 15 is 0 Å². The van der Waals surface area contributed by atoms with Crippen LogP contribution in [0.4, 0.5) is 14.9 Å². The molecule has 1 aromatic carbocycles. The highest BCUT2D eigenvalue weighted by Gasteiger charge is 2.19. The van der Waals surface area contributed by atoms with Crippen LogP contribution in [0.3, 0.4) is 0 Å². The molecule has 1 aliphatic carbocycles. The van der Waals surface area contributed by atoms with Crippen LogP contribution in [-0.2, 0) is 0 Å². The number of nitrogens with one attached hydrogen (secondary N) is 3. The van der Waals surface area contributed by atoms with E-state index in [0.29, 0.717) is 12.6 Å². The van der Waals surface area contributed by atoms with Crippen molar-refractivity contribution in [1.82, 2.24) is 10.6 Å². The highest BCUT2D eigenvalue weighted by molar-refractivity contribution is 5.99. The topological polar surface area (TPSA) is 90.5 Å². The van der Waals surface area contributed by atoms with Gasteiger partial charge in [0.25, 0.3) is 0 Å². The molecule has 0 aliphatic heterocycles. The van der Waals surface area contributed by atoms with Crippen molar-refractivity contribution < 1.29 is 19.1 Å². The highest BCUT2D eigenvalue weighted by atomic mass is 19.1. The Kier molecular flexibility index (Phi) is 5.10. The highest BCUT2D eigenvalue weighted by Crippen LogP contribution is 2.18. The Morgan fingerprint density at radius 1 is 1.29 bits per heavy atom. The minimum atomic E-state index is -1.22. The normalized spacial score (nSPS) is 13.8. The third kappa shape index (κ3) is 5.03. The van der Waals surface area contributed by atoms with Crippen LogP contribution in [0, 0.1) is 5.82 Å². The van der Waals surface area contributed by atoms with Crippen molar-refractivity contribution in [2.75, 3.05) is 18.4 Å². The Morgan fingerprint density at radius 2 is 2.05 bits per heavy atom. The Bertz CT molecular complexity index is 532. The molecule has 6 nitrogen and oxygen atoms in total. The summed E-state index contributed by atoms with van der Waals surface area (Å²) < 4.78 is 13.1. The number of aromatic carboxylic acids is 1. The predicted octanol–water partition coefficient (Wildman–Crippen LogP) is 1.79. The lowest BCUT2D eigenvalue weighted by Crippen LogP contribution is -2.32. The van der Waals surface area contributed by atoms with Crippen molar-refractivity contribution in [2.45, 2.75) is 25.3 Å². The maximum atomic E-state index is 13.1. The summed E-state index contributed by atoms with van der Waals surface area (Å²) in [5, 5.41) is 17.2. The Labute approximate surface area is 121 Å². The van der Waals surface area contributed by atoms with Crippen LogP contribution in [0.2, 0.25) is 0 Å². The molecule has 2 amide bonds. The number of halogens is 1. The van der Waals surface area contributed by atoms with Gasteiger partial charge >= 0.3 is 12.0 Å². The van der Waals surface area contributed by atoms with Gasteiger partial charge in [0.2, 0.25) is 0 Å². The van der Waals surface area contributed by atoms with Gasteiger partial charge in [-0.1, -0.05) is 0 Å². The number of hydrogen-bond acceptors (Lipinski definition) is 3. The summed E-state index contributed by atoms with van der Waals surface area (Å²) >= 11 is 0. The van der Waals surface area contributed by atoms with Crippen LogP contribution in [0.5, 0.6) is 0 Å². The summed E-state index contributed by atoms with van der Waals surface area (Å²) in [6, 6.07) is 3.22. The quantitative estimate of drug-likeness (QED) is 0.577. The van der Waals surface area contributed by atoms with Crippen LogP contribution < -0.4 is 16.0 Å². The molecule has 1 fully saturated rings. The average molecular weight is 295 g/mol. The second kappa shape index (κ2) is 7.03. The summed E-state index contributed by atoms with van der Waals surface area (Å²) in [6.07, 6.45) is 3.20. The first kappa shape index (κ1) is 15.2. The second-order valence-electron chi connectivity index (χ2n) is 4.96.